The molecule has 0 radical (unpaired) electrons. The summed E-state index contributed by atoms with van der Waals surface area (Å²) in [4.78, 5) is 8.56. The maximum atomic E-state index is 14.0. The van der Waals surface area contributed by atoms with E-state index in [-0.39, 0.29) is 22.7 Å². The number of nitrogens with zero attached hydrogens (tertiary/aromatic N) is 2. The van der Waals surface area contributed by atoms with Crippen molar-refractivity contribution in [2.45, 2.75) is 0 Å². The minimum absolute atomic E-state index is 0.0832. The van der Waals surface area contributed by atoms with Crippen molar-refractivity contribution in [2.24, 2.45) is 0 Å². The molecule has 0 saturated heterocycles. The highest BCUT2D eigenvalue weighted by Crippen LogP contribution is 2.37. The van der Waals surface area contributed by atoms with Crippen molar-refractivity contribution in [3.63, 3.8) is 0 Å². The molecule has 0 aliphatic carbocycles. The summed E-state index contributed by atoms with van der Waals surface area (Å²) in [5.41, 5.74) is 6.76. The number of hydrogen-bond donors (Lipinski definition) is 1. The summed E-state index contributed by atoms with van der Waals surface area (Å²) in [6.45, 7) is 0. The topological polar surface area (TPSA) is 64.9 Å². The number of rotatable bonds is 2. The zero-order chi connectivity index (χ0) is 16.7. The van der Waals surface area contributed by atoms with Crippen molar-refractivity contribution in [3.05, 3.63) is 66.4 Å². The van der Waals surface area contributed by atoms with E-state index in [1.165, 1.54) is 12.3 Å². The third-order valence-electron chi connectivity index (χ3n) is 3.71. The molecule has 0 aliphatic heterocycles. The van der Waals surface area contributed by atoms with Crippen LogP contribution in [0.3, 0.4) is 0 Å². The van der Waals surface area contributed by atoms with Gasteiger partial charge < -0.3 is 10.2 Å². The maximum absolute atomic E-state index is 14.0. The highest BCUT2D eigenvalue weighted by Gasteiger charge is 2.21. The fourth-order valence-electron chi connectivity index (χ4n) is 2.53. The summed E-state index contributed by atoms with van der Waals surface area (Å²) < 4.78 is 33.5. The van der Waals surface area contributed by atoms with Crippen molar-refractivity contribution in [2.75, 3.05) is 5.73 Å². The lowest BCUT2D eigenvalue weighted by Gasteiger charge is -2.01. The van der Waals surface area contributed by atoms with Crippen LogP contribution in [-0.4, -0.2) is 9.97 Å². The van der Waals surface area contributed by atoms with Crippen molar-refractivity contribution < 1.29 is 13.2 Å². The Balaban J connectivity index is 1.92. The fraction of sp³-hybridized carbons (Fsp3) is 0. The van der Waals surface area contributed by atoms with Crippen molar-refractivity contribution in [1.82, 2.24) is 9.97 Å². The summed E-state index contributed by atoms with van der Waals surface area (Å²) in [5, 5.41) is 0.410. The summed E-state index contributed by atoms with van der Waals surface area (Å²) in [7, 11) is 0. The average Bonchev–Trinajstić information content (AvgIpc) is 2.92. The number of halogens is 2. The van der Waals surface area contributed by atoms with Gasteiger partial charge in [0, 0.05) is 11.8 Å². The van der Waals surface area contributed by atoms with Gasteiger partial charge in [0.05, 0.1) is 16.6 Å². The van der Waals surface area contributed by atoms with Gasteiger partial charge in [-0.3, -0.25) is 0 Å². The van der Waals surface area contributed by atoms with Crippen LogP contribution in [0.2, 0.25) is 0 Å². The number of nitrogens with two attached hydrogens (primary N) is 1. The van der Waals surface area contributed by atoms with Gasteiger partial charge in [0.2, 0.25) is 5.71 Å². The Morgan fingerprint density at radius 3 is 2.33 bits per heavy atom. The molecule has 6 heteroatoms. The minimum atomic E-state index is -0.753. The van der Waals surface area contributed by atoms with Gasteiger partial charge in [0.25, 0.3) is 0 Å². The Labute approximate surface area is 135 Å². The van der Waals surface area contributed by atoms with E-state index in [1.807, 2.05) is 30.3 Å². The molecule has 2 aromatic carbocycles. The zero-order valence-corrected chi connectivity index (χ0v) is 12.3. The molecule has 4 aromatic rings. The van der Waals surface area contributed by atoms with Crippen LogP contribution in [0.1, 0.15) is 0 Å². The molecule has 0 aliphatic rings. The number of anilines is 1. The molecule has 0 spiro atoms. The molecule has 4 nitrogen and oxygen atoms in total. The molecule has 24 heavy (non-hydrogen) atoms. The van der Waals surface area contributed by atoms with Crippen molar-refractivity contribution >= 4 is 16.8 Å². The summed E-state index contributed by atoms with van der Waals surface area (Å²) in [5.74, 6) is -1.15. The van der Waals surface area contributed by atoms with Gasteiger partial charge in [-0.2, -0.15) is 4.98 Å². The van der Waals surface area contributed by atoms with Crippen LogP contribution in [-0.2, 0) is 0 Å². The largest absolute Gasteiger partial charge is 0.435 e. The lowest BCUT2D eigenvalue weighted by molar-refractivity contribution is 0.563. The molecule has 0 amide bonds. The first-order chi connectivity index (χ1) is 11.6. The molecule has 0 bridgehead atoms. The van der Waals surface area contributed by atoms with E-state index in [0.717, 1.165) is 17.7 Å². The van der Waals surface area contributed by atoms with Gasteiger partial charge in [-0.05, 0) is 12.1 Å². The number of fused-ring (bicyclic) bond motifs is 1. The Morgan fingerprint density at radius 1 is 0.917 bits per heavy atom. The zero-order valence-electron chi connectivity index (χ0n) is 12.3. The second kappa shape index (κ2) is 5.42. The summed E-state index contributed by atoms with van der Waals surface area (Å²) in [6.07, 6.45) is 1.49. The molecule has 118 valence electrons. The highest BCUT2D eigenvalue weighted by atomic mass is 19.1. The van der Waals surface area contributed by atoms with E-state index in [2.05, 4.69) is 9.97 Å². The lowest BCUT2D eigenvalue weighted by Crippen LogP contribution is -1.92. The molecule has 0 saturated carbocycles. The Hall–Kier alpha value is -3.28. The predicted molar refractivity (Wildman–Crippen MR) is 87.0 cm³/mol. The lowest BCUT2D eigenvalue weighted by atomic mass is 10.1. The van der Waals surface area contributed by atoms with Gasteiger partial charge in [0.1, 0.15) is 11.6 Å². The first-order valence-electron chi connectivity index (χ1n) is 7.20. The molecule has 0 unspecified atom stereocenters. The van der Waals surface area contributed by atoms with Gasteiger partial charge in [-0.25, -0.2) is 13.8 Å². The molecular weight excluding hydrogens is 312 g/mol. The highest BCUT2D eigenvalue weighted by molar-refractivity contribution is 5.96. The van der Waals surface area contributed by atoms with E-state index in [1.54, 1.807) is 0 Å². The van der Waals surface area contributed by atoms with E-state index in [0.29, 0.717) is 11.2 Å². The van der Waals surface area contributed by atoms with E-state index >= 15 is 0 Å². The Bertz CT molecular complexity index is 1020. The molecule has 0 fully saturated rings. The quantitative estimate of drug-likeness (QED) is 0.593. The predicted octanol–water partition coefficient (Wildman–Crippen LogP) is 4.42. The molecular formula is C18H11F2N3O. The van der Waals surface area contributed by atoms with Crippen LogP contribution in [0.15, 0.2) is 59.1 Å². The first-order valence-corrected chi connectivity index (χ1v) is 7.20. The smallest absolute Gasteiger partial charge is 0.232 e. The summed E-state index contributed by atoms with van der Waals surface area (Å²) >= 11 is 0. The Morgan fingerprint density at radius 2 is 1.62 bits per heavy atom. The van der Waals surface area contributed by atoms with Gasteiger partial charge >= 0.3 is 0 Å². The molecule has 4 rings (SSSR count). The maximum Gasteiger partial charge on any atom is 0.232 e. The molecule has 2 aromatic heterocycles. The molecule has 2 heterocycles. The number of hydrogen-bond acceptors (Lipinski definition) is 4. The van der Waals surface area contributed by atoms with Crippen LogP contribution in [0, 0.1) is 11.6 Å². The average molecular weight is 323 g/mol. The van der Waals surface area contributed by atoms with Gasteiger partial charge in [0.15, 0.2) is 11.6 Å². The second-order valence-electron chi connectivity index (χ2n) is 5.22. The third kappa shape index (κ3) is 2.20. The van der Waals surface area contributed by atoms with Crippen LogP contribution in [0.25, 0.3) is 33.8 Å². The summed E-state index contributed by atoms with van der Waals surface area (Å²) in [6, 6.07) is 12.9. The normalized spacial score (nSPS) is 11.1. The third-order valence-corrected chi connectivity index (χ3v) is 3.71. The van der Waals surface area contributed by atoms with Crippen LogP contribution in [0.4, 0.5) is 14.5 Å². The monoisotopic (exact) mass is 323 g/mol. The fourth-order valence-corrected chi connectivity index (χ4v) is 2.53. The van der Waals surface area contributed by atoms with E-state index < -0.39 is 11.6 Å². The SMILES string of the molecule is Nc1c(-c2c(F)cccc2F)oc2nc(-c3ccccc3)ncc12. The second-order valence-corrected chi connectivity index (χ2v) is 5.22. The van der Waals surface area contributed by atoms with Gasteiger partial charge in [-0.15, -0.1) is 0 Å². The van der Waals surface area contributed by atoms with Crippen molar-refractivity contribution in [1.29, 1.82) is 0 Å². The van der Waals surface area contributed by atoms with Crippen LogP contribution >= 0.6 is 0 Å². The molecule has 2 N–H and O–H groups in total. The number of aromatic nitrogens is 2. The minimum Gasteiger partial charge on any atom is -0.435 e. The van der Waals surface area contributed by atoms with Crippen molar-refractivity contribution in [3.8, 4) is 22.7 Å². The number of furan rings is 1. The van der Waals surface area contributed by atoms with Crippen LogP contribution < -0.4 is 5.73 Å². The van der Waals surface area contributed by atoms with Crippen LogP contribution in [0.5, 0.6) is 0 Å². The molecule has 0 atom stereocenters. The van der Waals surface area contributed by atoms with E-state index in [9.17, 15) is 8.78 Å². The van der Waals surface area contributed by atoms with Gasteiger partial charge in [-0.1, -0.05) is 36.4 Å². The first kappa shape index (κ1) is 14.3. The van der Waals surface area contributed by atoms with E-state index in [4.69, 9.17) is 10.2 Å². The Kier molecular flexibility index (Phi) is 3.23. The number of nitrogen functional groups attached to an aromatic ring is 1. The standard InChI is InChI=1S/C18H11F2N3O/c19-12-7-4-8-13(20)14(12)16-15(21)11-9-22-17(23-18(11)24-16)10-5-2-1-3-6-10/h1-9H,21H2. The number of benzene rings is 2.